The molecule has 0 bridgehead atoms. The summed E-state index contributed by atoms with van der Waals surface area (Å²) in [4.78, 5) is 14.2. The highest BCUT2D eigenvalue weighted by atomic mass is 32.2. The maximum absolute atomic E-state index is 12.3. The molecule has 1 unspecified atom stereocenters. The van der Waals surface area contributed by atoms with Crippen LogP contribution in [0.4, 0.5) is 0 Å². The first-order chi connectivity index (χ1) is 12.7. The van der Waals surface area contributed by atoms with Crippen molar-refractivity contribution in [1.29, 1.82) is 0 Å². The van der Waals surface area contributed by atoms with Crippen molar-refractivity contribution in [3.05, 3.63) is 54.1 Å². The Hall–Kier alpha value is -2.34. The molecule has 2 aromatic carbocycles. The molecule has 1 aliphatic heterocycles. The van der Waals surface area contributed by atoms with E-state index in [0.29, 0.717) is 25.5 Å². The number of ether oxygens (including phenoxy) is 3. The predicted octanol–water partition coefficient (Wildman–Crippen LogP) is 3.75. The Morgan fingerprint density at radius 1 is 1.08 bits per heavy atom. The minimum Gasteiger partial charge on any atom is -0.497 e. The standard InChI is InChI=1S/C20H23NO4S/c1-3-24-18-7-5-4-6-17(18)20-21(19(22)14-26-20)12-13-25-16-10-8-15(23-2)9-11-16/h4-11,20H,3,12-14H2,1-2H3. The van der Waals surface area contributed by atoms with E-state index in [1.807, 2.05) is 60.4 Å². The van der Waals surface area contributed by atoms with E-state index in [0.717, 1.165) is 22.8 Å². The van der Waals surface area contributed by atoms with E-state index in [1.165, 1.54) is 0 Å². The Bertz CT molecular complexity index is 735. The molecule has 1 fully saturated rings. The Kier molecular flexibility index (Phi) is 6.28. The number of amides is 1. The summed E-state index contributed by atoms with van der Waals surface area (Å²) in [5.74, 6) is 2.99. The Morgan fingerprint density at radius 2 is 1.81 bits per heavy atom. The van der Waals surface area contributed by atoms with Crippen LogP contribution in [-0.2, 0) is 4.79 Å². The summed E-state index contributed by atoms with van der Waals surface area (Å²) < 4.78 is 16.7. The van der Waals surface area contributed by atoms with Gasteiger partial charge in [-0.2, -0.15) is 0 Å². The zero-order valence-corrected chi connectivity index (χ0v) is 15.8. The van der Waals surface area contributed by atoms with Crippen LogP contribution in [0.1, 0.15) is 17.9 Å². The Labute approximate surface area is 158 Å². The number of methoxy groups -OCH3 is 1. The van der Waals surface area contributed by atoms with Gasteiger partial charge in [0.25, 0.3) is 0 Å². The monoisotopic (exact) mass is 373 g/mol. The van der Waals surface area contributed by atoms with Gasteiger partial charge in [0.2, 0.25) is 5.91 Å². The van der Waals surface area contributed by atoms with Crippen molar-refractivity contribution in [3.63, 3.8) is 0 Å². The first-order valence-corrected chi connectivity index (χ1v) is 9.67. The van der Waals surface area contributed by atoms with Crippen molar-refractivity contribution in [2.75, 3.05) is 32.6 Å². The smallest absolute Gasteiger partial charge is 0.233 e. The van der Waals surface area contributed by atoms with Crippen LogP contribution in [-0.4, -0.2) is 43.4 Å². The second-order valence-electron chi connectivity index (χ2n) is 5.75. The van der Waals surface area contributed by atoms with Gasteiger partial charge < -0.3 is 19.1 Å². The molecule has 26 heavy (non-hydrogen) atoms. The van der Waals surface area contributed by atoms with Gasteiger partial charge in [0, 0.05) is 5.56 Å². The molecule has 1 heterocycles. The van der Waals surface area contributed by atoms with Crippen molar-refractivity contribution in [2.24, 2.45) is 0 Å². The van der Waals surface area contributed by atoms with Crippen LogP contribution < -0.4 is 14.2 Å². The van der Waals surface area contributed by atoms with Crippen LogP contribution in [0.2, 0.25) is 0 Å². The van der Waals surface area contributed by atoms with E-state index in [2.05, 4.69) is 0 Å². The van der Waals surface area contributed by atoms with Gasteiger partial charge in [0.05, 0.1) is 26.0 Å². The van der Waals surface area contributed by atoms with Gasteiger partial charge in [-0.15, -0.1) is 11.8 Å². The molecule has 1 saturated heterocycles. The number of nitrogens with zero attached hydrogens (tertiary/aromatic N) is 1. The van der Waals surface area contributed by atoms with E-state index < -0.39 is 0 Å². The highest BCUT2D eigenvalue weighted by Crippen LogP contribution is 2.42. The highest BCUT2D eigenvalue weighted by molar-refractivity contribution is 8.00. The first kappa shape index (κ1) is 18.5. The van der Waals surface area contributed by atoms with Crippen molar-refractivity contribution >= 4 is 17.7 Å². The topological polar surface area (TPSA) is 48.0 Å². The quantitative estimate of drug-likeness (QED) is 0.705. The lowest BCUT2D eigenvalue weighted by Crippen LogP contribution is -2.32. The summed E-state index contributed by atoms with van der Waals surface area (Å²) in [6.45, 7) is 3.53. The van der Waals surface area contributed by atoms with Crippen molar-refractivity contribution < 1.29 is 19.0 Å². The van der Waals surface area contributed by atoms with Gasteiger partial charge in [-0.1, -0.05) is 18.2 Å². The van der Waals surface area contributed by atoms with Crippen LogP contribution in [0.5, 0.6) is 17.2 Å². The summed E-state index contributed by atoms with van der Waals surface area (Å²) in [6, 6.07) is 15.3. The average molecular weight is 373 g/mol. The largest absolute Gasteiger partial charge is 0.497 e. The van der Waals surface area contributed by atoms with Gasteiger partial charge in [-0.05, 0) is 37.3 Å². The number of hydrogen-bond donors (Lipinski definition) is 0. The molecule has 2 aromatic rings. The number of thioether (sulfide) groups is 1. The van der Waals surface area contributed by atoms with Gasteiger partial charge in [0.1, 0.15) is 29.2 Å². The third-order valence-electron chi connectivity index (χ3n) is 4.11. The molecule has 0 spiro atoms. The molecular weight excluding hydrogens is 350 g/mol. The van der Waals surface area contributed by atoms with Crippen LogP contribution in [0.25, 0.3) is 0 Å². The second kappa shape index (κ2) is 8.85. The third kappa shape index (κ3) is 4.25. The minimum absolute atomic E-state index is 0.0373. The van der Waals surface area contributed by atoms with Crippen molar-refractivity contribution in [2.45, 2.75) is 12.3 Å². The maximum atomic E-state index is 12.3. The minimum atomic E-state index is -0.0373. The number of benzene rings is 2. The van der Waals surface area contributed by atoms with Crippen molar-refractivity contribution in [1.82, 2.24) is 4.90 Å². The van der Waals surface area contributed by atoms with Gasteiger partial charge in [-0.3, -0.25) is 4.79 Å². The zero-order chi connectivity index (χ0) is 18.4. The van der Waals surface area contributed by atoms with Crippen LogP contribution in [0.3, 0.4) is 0 Å². The Balaban J connectivity index is 1.64. The normalized spacial score (nSPS) is 16.6. The van der Waals surface area contributed by atoms with Gasteiger partial charge >= 0.3 is 0 Å². The molecule has 5 nitrogen and oxygen atoms in total. The van der Waals surface area contributed by atoms with E-state index >= 15 is 0 Å². The fourth-order valence-electron chi connectivity index (χ4n) is 2.86. The molecular formula is C20H23NO4S. The summed E-state index contributed by atoms with van der Waals surface area (Å²) in [5.41, 5.74) is 1.04. The molecule has 138 valence electrons. The van der Waals surface area contributed by atoms with E-state index in [-0.39, 0.29) is 11.3 Å². The highest BCUT2D eigenvalue weighted by Gasteiger charge is 2.34. The molecule has 1 atom stereocenters. The number of para-hydroxylation sites is 1. The number of rotatable bonds is 8. The van der Waals surface area contributed by atoms with Gasteiger partial charge in [-0.25, -0.2) is 0 Å². The van der Waals surface area contributed by atoms with E-state index in [9.17, 15) is 4.79 Å². The molecule has 0 aromatic heterocycles. The molecule has 0 aliphatic carbocycles. The molecule has 0 radical (unpaired) electrons. The fraction of sp³-hybridized carbons (Fsp3) is 0.350. The molecule has 6 heteroatoms. The lowest BCUT2D eigenvalue weighted by atomic mass is 10.2. The third-order valence-corrected chi connectivity index (χ3v) is 5.35. The summed E-state index contributed by atoms with van der Waals surface area (Å²) in [6.07, 6.45) is 0. The summed E-state index contributed by atoms with van der Waals surface area (Å²) in [5, 5.41) is -0.0373. The lowest BCUT2D eigenvalue weighted by Gasteiger charge is -2.25. The maximum Gasteiger partial charge on any atom is 0.233 e. The number of carbonyl (C=O) groups is 1. The molecule has 1 aliphatic rings. The van der Waals surface area contributed by atoms with E-state index in [1.54, 1.807) is 18.9 Å². The molecule has 3 rings (SSSR count). The fourth-order valence-corrected chi connectivity index (χ4v) is 4.10. The van der Waals surface area contributed by atoms with Crippen LogP contribution in [0, 0.1) is 0 Å². The van der Waals surface area contributed by atoms with Crippen LogP contribution >= 0.6 is 11.8 Å². The Morgan fingerprint density at radius 3 is 2.54 bits per heavy atom. The molecule has 0 saturated carbocycles. The lowest BCUT2D eigenvalue weighted by molar-refractivity contribution is -0.128. The first-order valence-electron chi connectivity index (χ1n) is 8.62. The van der Waals surface area contributed by atoms with E-state index in [4.69, 9.17) is 14.2 Å². The summed E-state index contributed by atoms with van der Waals surface area (Å²) >= 11 is 1.63. The molecule has 1 amide bonds. The summed E-state index contributed by atoms with van der Waals surface area (Å²) in [7, 11) is 1.63. The van der Waals surface area contributed by atoms with Gasteiger partial charge in [0.15, 0.2) is 0 Å². The van der Waals surface area contributed by atoms with Crippen molar-refractivity contribution in [3.8, 4) is 17.2 Å². The zero-order valence-electron chi connectivity index (χ0n) is 15.0. The number of carbonyl (C=O) groups excluding carboxylic acids is 1. The second-order valence-corrected chi connectivity index (χ2v) is 6.81. The molecule has 0 N–H and O–H groups in total. The van der Waals surface area contributed by atoms with Crippen LogP contribution in [0.15, 0.2) is 48.5 Å². The predicted molar refractivity (Wildman–Crippen MR) is 103 cm³/mol. The number of hydrogen-bond acceptors (Lipinski definition) is 5. The average Bonchev–Trinajstić information content (AvgIpc) is 3.04. The SMILES string of the molecule is CCOc1ccccc1C1SCC(=O)N1CCOc1ccc(OC)cc1.